The van der Waals surface area contributed by atoms with E-state index in [-0.39, 0.29) is 11.9 Å². The Morgan fingerprint density at radius 2 is 2.20 bits per heavy atom. The lowest BCUT2D eigenvalue weighted by molar-refractivity contribution is -0.121. The van der Waals surface area contributed by atoms with Crippen LogP contribution in [-0.2, 0) is 4.79 Å². The molecule has 0 bridgehead atoms. The Labute approximate surface area is 89.1 Å². The Hall–Kier alpha value is -1.78. The van der Waals surface area contributed by atoms with Crippen molar-refractivity contribution in [2.45, 2.75) is 19.9 Å². The number of nitrogen functional groups attached to an aromatic ring is 1. The van der Waals surface area contributed by atoms with Gasteiger partial charge in [-0.15, -0.1) is 0 Å². The van der Waals surface area contributed by atoms with E-state index >= 15 is 0 Å². The first-order valence-corrected chi connectivity index (χ1v) is 4.76. The Morgan fingerprint density at radius 1 is 1.53 bits per heavy atom. The van der Waals surface area contributed by atoms with Gasteiger partial charge in [0.15, 0.2) is 0 Å². The first kappa shape index (κ1) is 11.3. The summed E-state index contributed by atoms with van der Waals surface area (Å²) in [5, 5.41) is 5.54. The first-order valence-electron chi connectivity index (χ1n) is 4.76. The molecule has 0 radical (unpaired) electrons. The molecule has 82 valence electrons. The zero-order valence-electron chi connectivity index (χ0n) is 9.16. The van der Waals surface area contributed by atoms with Gasteiger partial charge in [0.05, 0.1) is 11.4 Å². The van der Waals surface area contributed by atoms with Gasteiger partial charge in [0, 0.05) is 7.05 Å². The molecule has 0 saturated heterocycles. The minimum Gasteiger partial charge on any atom is -0.397 e. The van der Waals surface area contributed by atoms with Crippen molar-refractivity contribution in [3.63, 3.8) is 0 Å². The van der Waals surface area contributed by atoms with Gasteiger partial charge in [0.1, 0.15) is 11.9 Å². The fraction of sp³-hybridized carbons (Fsp3) is 0.400. The van der Waals surface area contributed by atoms with Crippen LogP contribution < -0.4 is 16.4 Å². The van der Waals surface area contributed by atoms with E-state index in [4.69, 9.17) is 5.73 Å². The van der Waals surface area contributed by atoms with Gasteiger partial charge < -0.3 is 16.4 Å². The summed E-state index contributed by atoms with van der Waals surface area (Å²) in [5.74, 6) is 0.573. The van der Waals surface area contributed by atoms with Gasteiger partial charge in [0.2, 0.25) is 5.91 Å². The summed E-state index contributed by atoms with van der Waals surface area (Å²) in [6.07, 6.45) is 0. The lowest BCUT2D eigenvalue weighted by Crippen LogP contribution is -2.35. The van der Waals surface area contributed by atoms with E-state index in [1.807, 2.05) is 6.92 Å². The molecular weight excluding hydrogens is 192 g/mol. The highest BCUT2D eigenvalue weighted by Gasteiger charge is 2.10. The first-order chi connectivity index (χ1) is 7.04. The third-order valence-electron chi connectivity index (χ3n) is 2.13. The predicted octanol–water partition coefficient (Wildman–Crippen LogP) is 0.519. The lowest BCUT2D eigenvalue weighted by Gasteiger charge is -2.13. The van der Waals surface area contributed by atoms with E-state index in [1.54, 1.807) is 26.1 Å². The maximum Gasteiger partial charge on any atom is 0.241 e. The molecule has 0 fully saturated rings. The van der Waals surface area contributed by atoms with Crippen LogP contribution in [0.3, 0.4) is 0 Å². The molecule has 15 heavy (non-hydrogen) atoms. The number of hydrogen-bond acceptors (Lipinski definition) is 4. The fourth-order valence-corrected chi connectivity index (χ4v) is 1.16. The van der Waals surface area contributed by atoms with Gasteiger partial charge in [0.25, 0.3) is 0 Å². The molecule has 1 rings (SSSR count). The van der Waals surface area contributed by atoms with Crippen molar-refractivity contribution in [2.75, 3.05) is 18.1 Å². The molecule has 1 atom stereocenters. The predicted molar refractivity (Wildman–Crippen MR) is 60.5 cm³/mol. The van der Waals surface area contributed by atoms with Gasteiger partial charge in [-0.1, -0.05) is 0 Å². The van der Waals surface area contributed by atoms with Crippen molar-refractivity contribution in [1.82, 2.24) is 10.3 Å². The highest BCUT2D eigenvalue weighted by atomic mass is 16.2. The SMILES string of the molecule is CNC(=O)C(C)Nc1ccc(N)c(C)n1. The summed E-state index contributed by atoms with van der Waals surface area (Å²) in [5.41, 5.74) is 7.04. The molecule has 4 N–H and O–H groups in total. The number of aromatic nitrogens is 1. The molecule has 0 aliphatic rings. The quantitative estimate of drug-likeness (QED) is 0.676. The van der Waals surface area contributed by atoms with Crippen molar-refractivity contribution in [2.24, 2.45) is 0 Å². The van der Waals surface area contributed by atoms with Crippen LogP contribution in [0.2, 0.25) is 0 Å². The van der Waals surface area contributed by atoms with Gasteiger partial charge >= 0.3 is 0 Å². The summed E-state index contributed by atoms with van der Waals surface area (Å²) >= 11 is 0. The number of nitrogens with zero attached hydrogens (tertiary/aromatic N) is 1. The highest BCUT2D eigenvalue weighted by Crippen LogP contribution is 2.12. The second-order valence-corrected chi connectivity index (χ2v) is 3.35. The monoisotopic (exact) mass is 208 g/mol. The average Bonchev–Trinajstić information content (AvgIpc) is 2.22. The zero-order valence-corrected chi connectivity index (χ0v) is 9.16. The maximum atomic E-state index is 11.2. The second kappa shape index (κ2) is 4.63. The maximum absolute atomic E-state index is 11.2. The number of nitrogens with two attached hydrogens (primary N) is 1. The minimum atomic E-state index is -0.314. The normalized spacial score (nSPS) is 11.9. The molecule has 5 nitrogen and oxygen atoms in total. The number of nitrogens with one attached hydrogen (secondary N) is 2. The lowest BCUT2D eigenvalue weighted by atomic mass is 10.3. The van der Waals surface area contributed by atoms with Crippen LogP contribution >= 0.6 is 0 Å². The van der Waals surface area contributed by atoms with E-state index in [1.165, 1.54) is 0 Å². The van der Waals surface area contributed by atoms with Gasteiger partial charge in [-0.2, -0.15) is 0 Å². The number of hydrogen-bond donors (Lipinski definition) is 3. The molecule has 5 heteroatoms. The van der Waals surface area contributed by atoms with Crippen molar-refractivity contribution in [1.29, 1.82) is 0 Å². The molecule has 0 aliphatic heterocycles. The molecule has 0 aliphatic carbocycles. The third-order valence-corrected chi connectivity index (χ3v) is 2.13. The molecule has 1 aromatic rings. The summed E-state index contributed by atoms with van der Waals surface area (Å²) in [7, 11) is 1.60. The van der Waals surface area contributed by atoms with Crippen molar-refractivity contribution < 1.29 is 4.79 Å². The van der Waals surface area contributed by atoms with Gasteiger partial charge in [-0.05, 0) is 26.0 Å². The minimum absolute atomic E-state index is 0.0775. The average molecular weight is 208 g/mol. The Bertz CT molecular complexity index is 364. The van der Waals surface area contributed by atoms with Gasteiger partial charge in [-0.25, -0.2) is 4.98 Å². The molecule has 0 spiro atoms. The summed E-state index contributed by atoms with van der Waals surface area (Å²) < 4.78 is 0. The van der Waals surface area contributed by atoms with Crippen LogP contribution in [0, 0.1) is 6.92 Å². The summed E-state index contributed by atoms with van der Waals surface area (Å²) in [4.78, 5) is 15.5. The topological polar surface area (TPSA) is 80.0 Å². The van der Waals surface area contributed by atoms with Crippen molar-refractivity contribution in [3.8, 4) is 0 Å². The summed E-state index contributed by atoms with van der Waals surface area (Å²) in [6.45, 7) is 3.59. The van der Waals surface area contributed by atoms with E-state index in [2.05, 4.69) is 15.6 Å². The van der Waals surface area contributed by atoms with Crippen LogP contribution in [0.1, 0.15) is 12.6 Å². The number of carbonyl (C=O) groups excluding carboxylic acids is 1. The number of anilines is 2. The number of likely N-dealkylation sites (N-methyl/N-ethyl adjacent to an activating group) is 1. The number of carbonyl (C=O) groups is 1. The second-order valence-electron chi connectivity index (χ2n) is 3.35. The molecule has 1 amide bonds. The summed E-state index contributed by atoms with van der Waals surface area (Å²) in [6, 6.07) is 3.20. The molecule has 1 unspecified atom stereocenters. The Kier molecular flexibility index (Phi) is 3.49. The third kappa shape index (κ3) is 2.83. The molecule has 1 aromatic heterocycles. The molecular formula is C10H16N4O. The number of aryl methyl sites for hydroxylation is 1. The Balaban J connectivity index is 2.73. The highest BCUT2D eigenvalue weighted by molar-refractivity contribution is 5.83. The van der Waals surface area contributed by atoms with Crippen molar-refractivity contribution >= 4 is 17.4 Å². The molecule has 1 heterocycles. The van der Waals surface area contributed by atoms with Crippen LogP contribution in [0.25, 0.3) is 0 Å². The smallest absolute Gasteiger partial charge is 0.241 e. The van der Waals surface area contributed by atoms with Crippen LogP contribution in [0.5, 0.6) is 0 Å². The van der Waals surface area contributed by atoms with Crippen molar-refractivity contribution in [3.05, 3.63) is 17.8 Å². The van der Waals surface area contributed by atoms with E-state index in [0.29, 0.717) is 11.5 Å². The Morgan fingerprint density at radius 3 is 2.73 bits per heavy atom. The number of amides is 1. The zero-order chi connectivity index (χ0) is 11.4. The van der Waals surface area contributed by atoms with E-state index < -0.39 is 0 Å². The standard InChI is InChI=1S/C10H16N4O/c1-6-8(11)4-5-9(13-6)14-7(2)10(15)12-3/h4-5,7H,11H2,1-3H3,(H,12,15)(H,13,14). The molecule has 0 aromatic carbocycles. The fourth-order valence-electron chi connectivity index (χ4n) is 1.16. The number of pyridine rings is 1. The molecule has 0 saturated carbocycles. The van der Waals surface area contributed by atoms with E-state index in [0.717, 1.165) is 5.69 Å². The van der Waals surface area contributed by atoms with E-state index in [9.17, 15) is 4.79 Å². The van der Waals surface area contributed by atoms with Crippen LogP contribution in [-0.4, -0.2) is 24.0 Å². The number of rotatable bonds is 3. The van der Waals surface area contributed by atoms with Crippen LogP contribution in [0.4, 0.5) is 11.5 Å². The van der Waals surface area contributed by atoms with Crippen LogP contribution in [0.15, 0.2) is 12.1 Å². The van der Waals surface area contributed by atoms with Gasteiger partial charge in [-0.3, -0.25) is 4.79 Å². The largest absolute Gasteiger partial charge is 0.397 e.